The zero-order valence-electron chi connectivity index (χ0n) is 11.3. The number of aryl methyl sites for hydroxylation is 1. The summed E-state index contributed by atoms with van der Waals surface area (Å²) in [6.45, 7) is 7.05. The number of anilines is 1. The van der Waals surface area contributed by atoms with E-state index < -0.39 is 0 Å². The Balaban J connectivity index is 2.90. The Morgan fingerprint density at radius 2 is 2.28 bits per heavy atom. The van der Waals surface area contributed by atoms with E-state index >= 15 is 0 Å². The minimum Gasteiger partial charge on any atom is -0.396 e. The van der Waals surface area contributed by atoms with Crippen molar-refractivity contribution in [1.82, 2.24) is 14.7 Å². The number of amides is 1. The fourth-order valence-electron chi connectivity index (χ4n) is 1.74. The predicted molar refractivity (Wildman–Crippen MR) is 70.2 cm³/mol. The van der Waals surface area contributed by atoms with Gasteiger partial charge >= 0.3 is 0 Å². The molecule has 0 fully saturated rings. The molecule has 6 heteroatoms. The molecule has 0 aliphatic carbocycles. The van der Waals surface area contributed by atoms with Gasteiger partial charge < -0.3 is 15.7 Å². The monoisotopic (exact) mass is 254 g/mol. The summed E-state index contributed by atoms with van der Waals surface area (Å²) in [4.78, 5) is 14.0. The van der Waals surface area contributed by atoms with Gasteiger partial charge in [0.25, 0.3) is 5.91 Å². The number of aliphatic hydroxyl groups excluding tert-OH is 1. The Morgan fingerprint density at radius 3 is 2.72 bits per heavy atom. The molecule has 1 heterocycles. The van der Waals surface area contributed by atoms with E-state index in [1.54, 1.807) is 15.8 Å². The summed E-state index contributed by atoms with van der Waals surface area (Å²) in [5.74, 6) is -0.178. The Kier molecular flexibility index (Phi) is 5.15. The first-order valence-corrected chi connectivity index (χ1v) is 6.26. The first-order valence-electron chi connectivity index (χ1n) is 6.26. The Bertz CT molecular complexity index is 401. The lowest BCUT2D eigenvalue weighted by atomic mass is 10.2. The van der Waals surface area contributed by atoms with E-state index in [9.17, 15) is 4.79 Å². The Labute approximate surface area is 107 Å². The van der Waals surface area contributed by atoms with E-state index in [0.717, 1.165) is 0 Å². The molecule has 1 aromatic heterocycles. The maximum absolute atomic E-state index is 12.3. The smallest absolute Gasteiger partial charge is 0.276 e. The average Bonchev–Trinajstić information content (AvgIpc) is 2.70. The molecule has 0 radical (unpaired) electrons. The third kappa shape index (κ3) is 3.22. The molecule has 3 N–H and O–H groups in total. The largest absolute Gasteiger partial charge is 0.396 e. The second kappa shape index (κ2) is 6.39. The van der Waals surface area contributed by atoms with Crippen LogP contribution < -0.4 is 5.73 Å². The van der Waals surface area contributed by atoms with E-state index in [1.165, 1.54) is 0 Å². The van der Waals surface area contributed by atoms with Gasteiger partial charge in [-0.25, -0.2) is 0 Å². The Morgan fingerprint density at radius 1 is 1.61 bits per heavy atom. The maximum Gasteiger partial charge on any atom is 0.276 e. The lowest BCUT2D eigenvalue weighted by Crippen LogP contribution is -2.38. The van der Waals surface area contributed by atoms with Crippen molar-refractivity contribution >= 4 is 11.6 Å². The average molecular weight is 254 g/mol. The van der Waals surface area contributed by atoms with Crippen molar-refractivity contribution < 1.29 is 9.90 Å². The molecule has 6 nitrogen and oxygen atoms in total. The van der Waals surface area contributed by atoms with Crippen molar-refractivity contribution in [3.05, 3.63) is 11.9 Å². The van der Waals surface area contributed by atoms with E-state index in [0.29, 0.717) is 30.9 Å². The first kappa shape index (κ1) is 14.5. The van der Waals surface area contributed by atoms with E-state index in [2.05, 4.69) is 5.10 Å². The van der Waals surface area contributed by atoms with Crippen molar-refractivity contribution in [3.63, 3.8) is 0 Å². The number of hydrogen-bond acceptors (Lipinski definition) is 4. The summed E-state index contributed by atoms with van der Waals surface area (Å²) in [6, 6.07) is 0.0511. The van der Waals surface area contributed by atoms with Crippen LogP contribution in [0.3, 0.4) is 0 Å². The van der Waals surface area contributed by atoms with Gasteiger partial charge in [0.05, 0.1) is 5.69 Å². The summed E-state index contributed by atoms with van der Waals surface area (Å²) in [5.41, 5.74) is 6.50. The molecule has 0 saturated heterocycles. The molecule has 1 rings (SSSR count). The van der Waals surface area contributed by atoms with E-state index in [4.69, 9.17) is 10.8 Å². The summed E-state index contributed by atoms with van der Waals surface area (Å²) >= 11 is 0. The standard InChI is InChI=1S/C12H22N4O2/c1-4-15-8-10(13)11(14-15)12(18)16(9(2)3)6-5-7-17/h8-9,17H,4-7,13H2,1-3H3. The summed E-state index contributed by atoms with van der Waals surface area (Å²) in [5, 5.41) is 13.0. The predicted octanol–water partition coefficient (Wildman–Crippen LogP) is 0.718. The molecule has 102 valence electrons. The summed E-state index contributed by atoms with van der Waals surface area (Å²) < 4.78 is 1.65. The highest BCUT2D eigenvalue weighted by Gasteiger charge is 2.23. The van der Waals surface area contributed by atoms with Crippen LogP contribution >= 0.6 is 0 Å². The molecule has 1 aromatic rings. The normalized spacial score (nSPS) is 10.9. The number of nitrogens with two attached hydrogens (primary N) is 1. The van der Waals surface area contributed by atoms with Gasteiger partial charge in [0.2, 0.25) is 0 Å². The second-order valence-corrected chi connectivity index (χ2v) is 4.46. The summed E-state index contributed by atoms with van der Waals surface area (Å²) in [6.07, 6.45) is 2.22. The van der Waals surface area contributed by atoms with Crippen molar-refractivity contribution in [1.29, 1.82) is 0 Å². The third-order valence-corrected chi connectivity index (χ3v) is 2.76. The number of carbonyl (C=O) groups excluding carboxylic acids is 1. The maximum atomic E-state index is 12.3. The highest BCUT2D eigenvalue weighted by Crippen LogP contribution is 2.14. The van der Waals surface area contributed by atoms with Crippen LogP contribution in [0.1, 0.15) is 37.7 Å². The minimum absolute atomic E-state index is 0.0511. The van der Waals surface area contributed by atoms with Crippen LogP contribution in [0.15, 0.2) is 6.20 Å². The second-order valence-electron chi connectivity index (χ2n) is 4.46. The molecule has 0 atom stereocenters. The lowest BCUT2D eigenvalue weighted by molar-refractivity contribution is 0.0687. The molecule has 0 aliphatic rings. The fourth-order valence-corrected chi connectivity index (χ4v) is 1.74. The Hall–Kier alpha value is -1.56. The number of aromatic nitrogens is 2. The first-order chi connectivity index (χ1) is 8.51. The van der Waals surface area contributed by atoms with Crippen LogP contribution in [0.2, 0.25) is 0 Å². The molecule has 0 bridgehead atoms. The van der Waals surface area contributed by atoms with Gasteiger partial charge in [0.15, 0.2) is 5.69 Å². The van der Waals surface area contributed by atoms with Crippen LogP contribution in [-0.4, -0.2) is 44.9 Å². The lowest BCUT2D eigenvalue weighted by Gasteiger charge is -2.25. The fraction of sp³-hybridized carbons (Fsp3) is 0.667. The number of aliphatic hydroxyl groups is 1. The van der Waals surface area contributed by atoms with Gasteiger partial charge in [-0.05, 0) is 27.2 Å². The molecule has 0 aromatic carbocycles. The van der Waals surface area contributed by atoms with Gasteiger partial charge in [-0.15, -0.1) is 0 Å². The minimum atomic E-state index is -0.178. The quantitative estimate of drug-likeness (QED) is 0.783. The molecule has 1 amide bonds. The van der Waals surface area contributed by atoms with Crippen LogP contribution in [-0.2, 0) is 6.54 Å². The molecular formula is C12H22N4O2. The number of hydrogen-bond donors (Lipinski definition) is 2. The van der Waals surface area contributed by atoms with E-state index in [-0.39, 0.29) is 18.6 Å². The number of nitrogen functional groups attached to an aromatic ring is 1. The van der Waals surface area contributed by atoms with Crippen LogP contribution in [0.4, 0.5) is 5.69 Å². The molecule has 18 heavy (non-hydrogen) atoms. The van der Waals surface area contributed by atoms with Crippen molar-refractivity contribution in [2.45, 2.75) is 39.8 Å². The molecule has 0 unspecified atom stereocenters. The molecule has 0 spiro atoms. The van der Waals surface area contributed by atoms with Crippen molar-refractivity contribution in [2.24, 2.45) is 0 Å². The van der Waals surface area contributed by atoms with Gasteiger partial charge in [0, 0.05) is 31.9 Å². The number of carbonyl (C=O) groups is 1. The van der Waals surface area contributed by atoms with Gasteiger partial charge in [-0.1, -0.05) is 0 Å². The van der Waals surface area contributed by atoms with Crippen LogP contribution in [0, 0.1) is 0 Å². The summed E-state index contributed by atoms with van der Waals surface area (Å²) in [7, 11) is 0. The van der Waals surface area contributed by atoms with Crippen LogP contribution in [0.5, 0.6) is 0 Å². The van der Waals surface area contributed by atoms with Gasteiger partial charge in [0.1, 0.15) is 0 Å². The topological polar surface area (TPSA) is 84.4 Å². The highest BCUT2D eigenvalue weighted by atomic mass is 16.3. The van der Waals surface area contributed by atoms with Crippen molar-refractivity contribution in [2.75, 3.05) is 18.9 Å². The third-order valence-electron chi connectivity index (χ3n) is 2.76. The number of nitrogens with zero attached hydrogens (tertiary/aromatic N) is 3. The zero-order chi connectivity index (χ0) is 13.7. The van der Waals surface area contributed by atoms with Gasteiger partial charge in [-0.3, -0.25) is 9.48 Å². The van der Waals surface area contributed by atoms with Crippen molar-refractivity contribution in [3.8, 4) is 0 Å². The molecule has 0 saturated carbocycles. The van der Waals surface area contributed by atoms with E-state index in [1.807, 2.05) is 20.8 Å². The number of rotatable bonds is 6. The highest BCUT2D eigenvalue weighted by molar-refractivity contribution is 5.97. The SMILES string of the molecule is CCn1cc(N)c(C(=O)N(CCCO)C(C)C)n1. The van der Waals surface area contributed by atoms with Gasteiger partial charge in [-0.2, -0.15) is 5.10 Å². The van der Waals surface area contributed by atoms with Crippen LogP contribution in [0.25, 0.3) is 0 Å². The molecular weight excluding hydrogens is 232 g/mol. The zero-order valence-corrected chi connectivity index (χ0v) is 11.3. The molecule has 0 aliphatic heterocycles.